The Bertz CT molecular complexity index is 182. The second-order valence-electron chi connectivity index (χ2n) is 5.49. The zero-order valence-electron chi connectivity index (χ0n) is 12.2. The summed E-state index contributed by atoms with van der Waals surface area (Å²) in [7, 11) is 0. The van der Waals surface area contributed by atoms with Crippen LogP contribution in [0, 0.1) is 11.8 Å². The van der Waals surface area contributed by atoms with Crippen molar-refractivity contribution in [1.82, 2.24) is 15.1 Å². The molecule has 0 spiro atoms. The van der Waals surface area contributed by atoms with Crippen molar-refractivity contribution in [2.24, 2.45) is 11.8 Å². The molecule has 0 aromatic rings. The highest BCUT2D eigenvalue weighted by molar-refractivity contribution is 4.78. The summed E-state index contributed by atoms with van der Waals surface area (Å²) < 4.78 is 0. The summed E-state index contributed by atoms with van der Waals surface area (Å²) in [4.78, 5) is 5.06. The fraction of sp³-hybridized carbons (Fsp3) is 1.00. The number of nitrogens with zero attached hydrogens (tertiary/aromatic N) is 2. The molecule has 1 aliphatic heterocycles. The molecule has 0 saturated carbocycles. The van der Waals surface area contributed by atoms with Crippen LogP contribution >= 0.6 is 0 Å². The molecule has 1 saturated heterocycles. The average Bonchev–Trinajstić information content (AvgIpc) is 2.63. The van der Waals surface area contributed by atoms with Crippen LogP contribution in [0.3, 0.4) is 0 Å². The van der Waals surface area contributed by atoms with E-state index in [0.29, 0.717) is 0 Å². The van der Waals surface area contributed by atoms with E-state index in [1.807, 2.05) is 0 Å². The number of likely N-dealkylation sites (N-methyl/N-ethyl adjacent to an activating group) is 1. The van der Waals surface area contributed by atoms with Crippen LogP contribution in [0.2, 0.25) is 0 Å². The van der Waals surface area contributed by atoms with Gasteiger partial charge < -0.3 is 15.1 Å². The summed E-state index contributed by atoms with van der Waals surface area (Å²) in [6.45, 7) is 18.8. The van der Waals surface area contributed by atoms with Crippen molar-refractivity contribution >= 4 is 0 Å². The molecule has 0 aromatic heterocycles. The Labute approximate surface area is 108 Å². The number of likely N-dealkylation sites (tertiary alicyclic amines) is 1. The van der Waals surface area contributed by atoms with Crippen LogP contribution in [-0.2, 0) is 0 Å². The molecule has 0 amide bonds. The normalized spacial score (nSPS) is 25.9. The largest absolute Gasteiger partial charge is 0.314 e. The Kier molecular flexibility index (Phi) is 7.09. The van der Waals surface area contributed by atoms with E-state index in [1.54, 1.807) is 0 Å². The summed E-state index contributed by atoms with van der Waals surface area (Å²) in [5, 5.41) is 3.56. The maximum atomic E-state index is 3.56. The van der Waals surface area contributed by atoms with Crippen molar-refractivity contribution in [3.05, 3.63) is 0 Å². The maximum absolute atomic E-state index is 3.56. The Morgan fingerprint density at radius 3 is 2.18 bits per heavy atom. The lowest BCUT2D eigenvalue weighted by Crippen LogP contribution is -2.36. The molecule has 1 heterocycles. The van der Waals surface area contributed by atoms with Gasteiger partial charge in [-0.1, -0.05) is 27.7 Å². The molecule has 1 N–H and O–H groups in total. The van der Waals surface area contributed by atoms with Gasteiger partial charge in [-0.15, -0.1) is 0 Å². The van der Waals surface area contributed by atoms with Crippen molar-refractivity contribution in [1.29, 1.82) is 0 Å². The van der Waals surface area contributed by atoms with Gasteiger partial charge in [-0.3, -0.25) is 0 Å². The van der Waals surface area contributed by atoms with Gasteiger partial charge >= 0.3 is 0 Å². The van der Waals surface area contributed by atoms with E-state index in [0.717, 1.165) is 24.9 Å². The van der Waals surface area contributed by atoms with Gasteiger partial charge in [0.2, 0.25) is 0 Å². The third-order valence-corrected chi connectivity index (χ3v) is 4.17. The van der Waals surface area contributed by atoms with E-state index in [1.165, 1.54) is 39.3 Å². The Morgan fingerprint density at radius 2 is 1.65 bits per heavy atom. The molecule has 0 radical (unpaired) electrons. The van der Waals surface area contributed by atoms with Crippen LogP contribution in [0.4, 0.5) is 0 Å². The minimum atomic E-state index is 0.880. The molecular weight excluding hydrogens is 210 g/mol. The molecule has 2 unspecified atom stereocenters. The third-order valence-electron chi connectivity index (χ3n) is 4.17. The molecule has 0 aliphatic carbocycles. The third kappa shape index (κ3) is 5.36. The van der Waals surface area contributed by atoms with E-state index in [9.17, 15) is 0 Å². The van der Waals surface area contributed by atoms with Crippen molar-refractivity contribution in [2.45, 2.75) is 27.7 Å². The molecular formula is C14H31N3. The first-order valence-corrected chi connectivity index (χ1v) is 7.32. The predicted molar refractivity (Wildman–Crippen MR) is 75.4 cm³/mol. The molecule has 3 nitrogen and oxygen atoms in total. The van der Waals surface area contributed by atoms with Crippen molar-refractivity contribution < 1.29 is 0 Å². The highest BCUT2D eigenvalue weighted by atomic mass is 15.2. The molecule has 3 heteroatoms. The van der Waals surface area contributed by atoms with Crippen LogP contribution in [0.15, 0.2) is 0 Å². The van der Waals surface area contributed by atoms with Crippen molar-refractivity contribution in [3.63, 3.8) is 0 Å². The minimum absolute atomic E-state index is 0.880. The second-order valence-corrected chi connectivity index (χ2v) is 5.49. The highest BCUT2D eigenvalue weighted by Gasteiger charge is 2.24. The molecule has 1 rings (SSSR count). The summed E-state index contributed by atoms with van der Waals surface area (Å²) in [5.74, 6) is 1.76. The maximum Gasteiger partial charge on any atom is 0.0107 e. The van der Waals surface area contributed by atoms with Crippen molar-refractivity contribution in [3.8, 4) is 0 Å². The van der Waals surface area contributed by atoms with Crippen LogP contribution in [0.1, 0.15) is 27.7 Å². The Balaban J connectivity index is 1.98. The zero-order chi connectivity index (χ0) is 12.7. The van der Waals surface area contributed by atoms with Gasteiger partial charge in [0.05, 0.1) is 0 Å². The van der Waals surface area contributed by atoms with Gasteiger partial charge in [-0.2, -0.15) is 0 Å². The lowest BCUT2D eigenvalue weighted by molar-refractivity contribution is 0.290. The molecule has 1 fully saturated rings. The van der Waals surface area contributed by atoms with E-state index in [2.05, 4.69) is 42.8 Å². The van der Waals surface area contributed by atoms with E-state index >= 15 is 0 Å². The fourth-order valence-corrected chi connectivity index (χ4v) is 2.57. The van der Waals surface area contributed by atoms with Gasteiger partial charge in [0.25, 0.3) is 0 Å². The molecule has 1 aliphatic rings. The number of hydrogen-bond acceptors (Lipinski definition) is 3. The SMILES string of the molecule is CCN(CC)CCNCCN1CC(C)C(C)C1. The van der Waals surface area contributed by atoms with Gasteiger partial charge in [0, 0.05) is 39.3 Å². The first kappa shape index (κ1) is 14.9. The Morgan fingerprint density at radius 1 is 1.06 bits per heavy atom. The van der Waals surface area contributed by atoms with Gasteiger partial charge in [-0.25, -0.2) is 0 Å². The predicted octanol–water partition coefficient (Wildman–Crippen LogP) is 1.51. The number of rotatable bonds is 8. The van der Waals surface area contributed by atoms with Gasteiger partial charge in [0.15, 0.2) is 0 Å². The second kappa shape index (κ2) is 8.06. The number of hydrogen-bond donors (Lipinski definition) is 1. The number of nitrogens with one attached hydrogen (secondary N) is 1. The highest BCUT2D eigenvalue weighted by Crippen LogP contribution is 2.21. The van der Waals surface area contributed by atoms with Crippen LogP contribution in [0.5, 0.6) is 0 Å². The molecule has 2 atom stereocenters. The minimum Gasteiger partial charge on any atom is -0.314 e. The standard InChI is InChI=1S/C14H31N3/c1-5-16(6-2)9-7-15-8-10-17-11-13(3)14(4)12-17/h13-15H,5-12H2,1-4H3. The van der Waals surface area contributed by atoms with E-state index < -0.39 is 0 Å². The molecule has 0 bridgehead atoms. The van der Waals surface area contributed by atoms with Gasteiger partial charge in [-0.05, 0) is 24.9 Å². The van der Waals surface area contributed by atoms with E-state index in [-0.39, 0.29) is 0 Å². The van der Waals surface area contributed by atoms with Crippen LogP contribution in [-0.4, -0.2) is 62.2 Å². The summed E-state index contributed by atoms with van der Waals surface area (Å²) in [6, 6.07) is 0. The summed E-state index contributed by atoms with van der Waals surface area (Å²) in [6.07, 6.45) is 0. The summed E-state index contributed by atoms with van der Waals surface area (Å²) >= 11 is 0. The topological polar surface area (TPSA) is 18.5 Å². The van der Waals surface area contributed by atoms with E-state index in [4.69, 9.17) is 0 Å². The molecule has 17 heavy (non-hydrogen) atoms. The monoisotopic (exact) mass is 241 g/mol. The van der Waals surface area contributed by atoms with Gasteiger partial charge in [0.1, 0.15) is 0 Å². The smallest absolute Gasteiger partial charge is 0.0107 e. The molecule has 0 aromatic carbocycles. The quantitative estimate of drug-likeness (QED) is 0.650. The average molecular weight is 241 g/mol. The van der Waals surface area contributed by atoms with Crippen molar-refractivity contribution in [2.75, 3.05) is 52.4 Å². The zero-order valence-corrected chi connectivity index (χ0v) is 12.2. The van der Waals surface area contributed by atoms with Crippen LogP contribution in [0.25, 0.3) is 0 Å². The fourth-order valence-electron chi connectivity index (χ4n) is 2.57. The summed E-state index contributed by atoms with van der Waals surface area (Å²) in [5.41, 5.74) is 0. The molecule has 102 valence electrons. The Hall–Kier alpha value is -0.120. The van der Waals surface area contributed by atoms with Crippen LogP contribution < -0.4 is 5.32 Å². The first-order chi connectivity index (χ1) is 8.17. The lowest BCUT2D eigenvalue weighted by Gasteiger charge is -2.19. The first-order valence-electron chi connectivity index (χ1n) is 7.32. The lowest BCUT2D eigenvalue weighted by atomic mass is 10.0.